The van der Waals surface area contributed by atoms with Crippen LogP contribution >= 0.6 is 11.6 Å². The zero-order chi connectivity index (χ0) is 21.3. The Bertz CT molecular complexity index is 1220. The van der Waals surface area contributed by atoms with Gasteiger partial charge < -0.3 is 5.32 Å². The van der Waals surface area contributed by atoms with Gasteiger partial charge in [-0.05, 0) is 62.7 Å². The molecule has 1 amide bonds. The zero-order valence-electron chi connectivity index (χ0n) is 17.1. The van der Waals surface area contributed by atoms with Crippen molar-refractivity contribution in [2.45, 2.75) is 27.3 Å². The molecule has 1 N–H and O–H groups in total. The minimum absolute atomic E-state index is 0.201. The third-order valence-electron chi connectivity index (χ3n) is 4.75. The van der Waals surface area contributed by atoms with Crippen LogP contribution in [0.4, 0.5) is 5.82 Å². The SMILES string of the molecule is Cc1cc(C)n(Cc2cccc(C(=O)Nc3cc(C)nn3-c3cccc(Cl)c3)c2)n1. The van der Waals surface area contributed by atoms with Gasteiger partial charge in [0.1, 0.15) is 5.82 Å². The van der Waals surface area contributed by atoms with Crippen molar-refractivity contribution in [3.05, 3.63) is 93.9 Å². The Hall–Kier alpha value is -3.38. The topological polar surface area (TPSA) is 64.7 Å². The summed E-state index contributed by atoms with van der Waals surface area (Å²) >= 11 is 6.12. The molecule has 0 unspecified atom stereocenters. The van der Waals surface area contributed by atoms with Gasteiger partial charge in [0.2, 0.25) is 0 Å². The van der Waals surface area contributed by atoms with Gasteiger partial charge in [0.15, 0.2) is 0 Å². The molecule has 0 aliphatic rings. The number of anilines is 1. The van der Waals surface area contributed by atoms with E-state index in [1.54, 1.807) is 22.9 Å². The lowest BCUT2D eigenvalue weighted by Gasteiger charge is -2.10. The fourth-order valence-electron chi connectivity index (χ4n) is 3.40. The molecule has 0 bridgehead atoms. The fraction of sp³-hybridized carbons (Fsp3) is 0.174. The highest BCUT2D eigenvalue weighted by molar-refractivity contribution is 6.30. The van der Waals surface area contributed by atoms with Crippen LogP contribution in [0.25, 0.3) is 5.69 Å². The van der Waals surface area contributed by atoms with E-state index in [9.17, 15) is 4.79 Å². The summed E-state index contributed by atoms with van der Waals surface area (Å²) in [4.78, 5) is 12.9. The molecule has 4 rings (SSSR count). The Morgan fingerprint density at radius 2 is 1.73 bits per heavy atom. The van der Waals surface area contributed by atoms with E-state index in [1.165, 1.54) is 0 Å². The van der Waals surface area contributed by atoms with Gasteiger partial charge >= 0.3 is 0 Å². The molecule has 2 aromatic carbocycles. The highest BCUT2D eigenvalue weighted by Crippen LogP contribution is 2.21. The molecule has 30 heavy (non-hydrogen) atoms. The maximum atomic E-state index is 12.9. The van der Waals surface area contributed by atoms with Crippen molar-refractivity contribution in [1.29, 1.82) is 0 Å². The van der Waals surface area contributed by atoms with E-state index in [2.05, 4.69) is 15.5 Å². The van der Waals surface area contributed by atoms with Gasteiger partial charge in [0, 0.05) is 22.3 Å². The predicted octanol–water partition coefficient (Wildman–Crippen LogP) is 4.95. The monoisotopic (exact) mass is 419 g/mol. The van der Waals surface area contributed by atoms with E-state index in [1.807, 2.05) is 67.9 Å². The number of nitrogens with one attached hydrogen (secondary N) is 1. The van der Waals surface area contributed by atoms with Gasteiger partial charge in [-0.3, -0.25) is 9.48 Å². The van der Waals surface area contributed by atoms with Gasteiger partial charge in [-0.1, -0.05) is 29.8 Å². The Morgan fingerprint density at radius 3 is 2.47 bits per heavy atom. The van der Waals surface area contributed by atoms with Crippen molar-refractivity contribution < 1.29 is 4.79 Å². The van der Waals surface area contributed by atoms with Crippen molar-refractivity contribution in [2.75, 3.05) is 5.32 Å². The Kier molecular flexibility index (Phi) is 5.42. The van der Waals surface area contributed by atoms with E-state index in [4.69, 9.17) is 11.6 Å². The second kappa shape index (κ2) is 8.16. The number of nitrogens with zero attached hydrogens (tertiary/aromatic N) is 4. The summed E-state index contributed by atoms with van der Waals surface area (Å²) in [7, 11) is 0. The van der Waals surface area contributed by atoms with Crippen LogP contribution in [0.2, 0.25) is 5.02 Å². The van der Waals surface area contributed by atoms with Crippen LogP contribution in [-0.2, 0) is 6.54 Å². The van der Waals surface area contributed by atoms with Crippen molar-refractivity contribution in [3.8, 4) is 5.69 Å². The standard InChI is InChI=1S/C23H22ClN5O/c1-15-10-17(3)28(26-15)14-18-6-4-7-19(12-18)23(30)25-22-11-16(2)27-29(22)21-9-5-8-20(24)13-21/h4-13H,14H2,1-3H3,(H,25,30). The minimum atomic E-state index is -0.201. The summed E-state index contributed by atoms with van der Waals surface area (Å²) in [6.07, 6.45) is 0. The number of benzene rings is 2. The number of rotatable bonds is 5. The molecule has 0 spiro atoms. The number of hydrogen-bond donors (Lipinski definition) is 1. The number of halogens is 1. The smallest absolute Gasteiger partial charge is 0.256 e. The molecule has 0 aliphatic heterocycles. The van der Waals surface area contributed by atoms with E-state index >= 15 is 0 Å². The molecule has 4 aromatic rings. The Labute approximate surface area is 180 Å². The van der Waals surface area contributed by atoms with E-state index in [0.29, 0.717) is 22.9 Å². The second-order valence-electron chi connectivity index (χ2n) is 7.30. The largest absolute Gasteiger partial charge is 0.306 e. The lowest BCUT2D eigenvalue weighted by atomic mass is 10.1. The summed E-state index contributed by atoms with van der Waals surface area (Å²) in [6, 6.07) is 18.8. The third kappa shape index (κ3) is 4.28. The van der Waals surface area contributed by atoms with Crippen LogP contribution in [0.3, 0.4) is 0 Å². The molecule has 2 aromatic heterocycles. The van der Waals surface area contributed by atoms with E-state index in [-0.39, 0.29) is 5.91 Å². The normalized spacial score (nSPS) is 10.9. The first-order valence-electron chi connectivity index (χ1n) is 9.63. The van der Waals surface area contributed by atoms with Crippen LogP contribution in [-0.4, -0.2) is 25.5 Å². The second-order valence-corrected chi connectivity index (χ2v) is 7.74. The van der Waals surface area contributed by atoms with Crippen LogP contribution in [0, 0.1) is 20.8 Å². The average Bonchev–Trinajstić information content (AvgIpc) is 3.22. The average molecular weight is 420 g/mol. The number of aryl methyl sites for hydroxylation is 3. The number of amides is 1. The van der Waals surface area contributed by atoms with Crippen LogP contribution in [0.5, 0.6) is 0 Å². The van der Waals surface area contributed by atoms with Crippen molar-refractivity contribution in [2.24, 2.45) is 0 Å². The summed E-state index contributed by atoms with van der Waals surface area (Å²) in [5, 5.41) is 12.6. The first-order chi connectivity index (χ1) is 14.4. The highest BCUT2D eigenvalue weighted by atomic mass is 35.5. The maximum Gasteiger partial charge on any atom is 0.256 e. The molecule has 7 heteroatoms. The van der Waals surface area contributed by atoms with Crippen molar-refractivity contribution in [1.82, 2.24) is 19.6 Å². The van der Waals surface area contributed by atoms with Crippen molar-refractivity contribution >= 4 is 23.3 Å². The zero-order valence-corrected chi connectivity index (χ0v) is 17.8. The van der Waals surface area contributed by atoms with Crippen molar-refractivity contribution in [3.63, 3.8) is 0 Å². The molecule has 0 saturated carbocycles. The fourth-order valence-corrected chi connectivity index (χ4v) is 3.59. The Morgan fingerprint density at radius 1 is 0.967 bits per heavy atom. The summed E-state index contributed by atoms with van der Waals surface area (Å²) in [5.74, 6) is 0.386. The minimum Gasteiger partial charge on any atom is -0.306 e. The number of aromatic nitrogens is 4. The highest BCUT2D eigenvalue weighted by Gasteiger charge is 2.13. The summed E-state index contributed by atoms with van der Waals surface area (Å²) < 4.78 is 3.61. The van der Waals surface area contributed by atoms with Gasteiger partial charge in [-0.2, -0.15) is 10.2 Å². The molecule has 0 saturated heterocycles. The third-order valence-corrected chi connectivity index (χ3v) is 4.99. The quantitative estimate of drug-likeness (QED) is 0.497. The number of carbonyl (C=O) groups is 1. The molecule has 0 fully saturated rings. The lowest BCUT2D eigenvalue weighted by molar-refractivity contribution is 0.102. The van der Waals surface area contributed by atoms with Crippen LogP contribution in [0.1, 0.15) is 33.0 Å². The molecular formula is C23H22ClN5O. The lowest BCUT2D eigenvalue weighted by Crippen LogP contribution is -2.15. The predicted molar refractivity (Wildman–Crippen MR) is 119 cm³/mol. The molecule has 152 valence electrons. The van der Waals surface area contributed by atoms with Gasteiger partial charge in [-0.15, -0.1) is 0 Å². The first kappa shape index (κ1) is 19.9. The van der Waals surface area contributed by atoms with Crippen LogP contribution < -0.4 is 5.32 Å². The molecule has 2 heterocycles. The van der Waals surface area contributed by atoms with E-state index in [0.717, 1.165) is 28.3 Å². The number of carbonyl (C=O) groups excluding carboxylic acids is 1. The first-order valence-corrected chi connectivity index (χ1v) is 10.0. The van der Waals surface area contributed by atoms with Crippen LogP contribution in [0.15, 0.2) is 60.7 Å². The maximum absolute atomic E-state index is 12.9. The molecule has 0 radical (unpaired) electrons. The molecule has 6 nitrogen and oxygen atoms in total. The van der Waals surface area contributed by atoms with Gasteiger partial charge in [0.25, 0.3) is 5.91 Å². The Balaban J connectivity index is 1.57. The molecule has 0 aliphatic carbocycles. The van der Waals surface area contributed by atoms with E-state index < -0.39 is 0 Å². The molecule has 0 atom stereocenters. The number of hydrogen-bond acceptors (Lipinski definition) is 3. The molecular weight excluding hydrogens is 398 g/mol. The van der Waals surface area contributed by atoms with Gasteiger partial charge in [-0.25, -0.2) is 4.68 Å². The van der Waals surface area contributed by atoms with Gasteiger partial charge in [0.05, 0.1) is 23.6 Å². The summed E-state index contributed by atoms with van der Waals surface area (Å²) in [5.41, 5.74) is 5.22. The summed E-state index contributed by atoms with van der Waals surface area (Å²) in [6.45, 7) is 6.49.